The maximum Gasteiger partial charge on any atom is 0.0372 e. The molecule has 0 aromatic heterocycles. The summed E-state index contributed by atoms with van der Waals surface area (Å²) in [7, 11) is 0. The summed E-state index contributed by atoms with van der Waals surface area (Å²) in [6.07, 6.45) is 0. The molecule has 1 aromatic carbocycles. The lowest BCUT2D eigenvalue weighted by Gasteiger charge is -2.20. The van der Waals surface area contributed by atoms with E-state index in [2.05, 4.69) is 49.9 Å². The average molecular weight is 162 g/mol. The maximum atomic E-state index is 3.21. The monoisotopic (exact) mass is 162 g/mol. The second-order valence-corrected chi connectivity index (χ2v) is 2.90. The Hall–Kier alpha value is -0.980. The van der Waals surface area contributed by atoms with Crippen LogP contribution in [-0.4, -0.2) is 13.1 Å². The van der Waals surface area contributed by atoms with Gasteiger partial charge in [-0.2, -0.15) is 0 Å². The molecule has 0 aliphatic carbocycles. The summed E-state index contributed by atoms with van der Waals surface area (Å²) >= 11 is 0. The summed E-state index contributed by atoms with van der Waals surface area (Å²) in [5.74, 6) is 0. The summed E-state index contributed by atoms with van der Waals surface area (Å²) in [5, 5.41) is 0. The molecular weight excluding hydrogens is 146 g/mol. The van der Waals surface area contributed by atoms with E-state index in [1.54, 1.807) is 0 Å². The van der Waals surface area contributed by atoms with Gasteiger partial charge < -0.3 is 4.90 Å². The lowest BCUT2D eigenvalue weighted by Crippen LogP contribution is -2.21. The molecule has 0 aliphatic rings. The van der Waals surface area contributed by atoms with Gasteiger partial charge in [0.05, 0.1) is 0 Å². The zero-order chi connectivity index (χ0) is 8.97. The van der Waals surface area contributed by atoms with Gasteiger partial charge in [-0.05, 0) is 44.5 Å². The van der Waals surface area contributed by atoms with Crippen molar-refractivity contribution < 1.29 is 0 Å². The first-order valence-corrected chi connectivity index (χ1v) is 4.51. The van der Waals surface area contributed by atoms with E-state index in [-0.39, 0.29) is 0 Å². The van der Waals surface area contributed by atoms with Crippen molar-refractivity contribution in [1.82, 2.24) is 0 Å². The molecular formula is C11H16N. The zero-order valence-electron chi connectivity index (χ0n) is 8.09. The molecule has 0 spiro atoms. The van der Waals surface area contributed by atoms with E-state index in [9.17, 15) is 0 Å². The van der Waals surface area contributed by atoms with Crippen LogP contribution in [0.1, 0.15) is 19.4 Å². The Morgan fingerprint density at radius 1 is 1.25 bits per heavy atom. The van der Waals surface area contributed by atoms with Gasteiger partial charge in [0.15, 0.2) is 0 Å². The first-order chi connectivity index (χ1) is 5.77. The fourth-order valence-corrected chi connectivity index (χ4v) is 1.28. The van der Waals surface area contributed by atoms with Crippen LogP contribution >= 0.6 is 0 Å². The summed E-state index contributed by atoms with van der Waals surface area (Å²) in [6, 6.07) is 9.52. The predicted octanol–water partition coefficient (Wildman–Crippen LogP) is 2.64. The van der Waals surface area contributed by atoms with Crippen LogP contribution in [-0.2, 0) is 0 Å². The fourth-order valence-electron chi connectivity index (χ4n) is 1.28. The van der Waals surface area contributed by atoms with Crippen molar-refractivity contribution in [2.45, 2.75) is 20.8 Å². The van der Waals surface area contributed by atoms with Crippen LogP contribution in [0.3, 0.4) is 0 Å². The number of hydrogen-bond donors (Lipinski definition) is 0. The molecule has 1 heteroatoms. The van der Waals surface area contributed by atoms with Gasteiger partial charge in [0.25, 0.3) is 0 Å². The molecule has 0 unspecified atom stereocenters. The molecule has 0 saturated carbocycles. The highest BCUT2D eigenvalue weighted by molar-refractivity contribution is 5.46. The third kappa shape index (κ3) is 2.00. The third-order valence-corrected chi connectivity index (χ3v) is 2.08. The van der Waals surface area contributed by atoms with Gasteiger partial charge in [0, 0.05) is 18.8 Å². The summed E-state index contributed by atoms with van der Waals surface area (Å²) < 4.78 is 0. The second kappa shape index (κ2) is 4.15. The molecule has 65 valence electrons. The molecule has 0 bridgehead atoms. The largest absolute Gasteiger partial charge is 0.372 e. The minimum atomic E-state index is 1.06. The molecule has 1 rings (SSSR count). The quantitative estimate of drug-likeness (QED) is 0.660. The average Bonchev–Trinajstić information content (AvgIpc) is 2.10. The molecule has 0 fully saturated rings. The standard InChI is InChI=1S/C11H16N/c1-4-12(5-2)11-8-6-10(3)7-9-11/h6,8-9H,4-5H2,1-3H3. The van der Waals surface area contributed by atoms with Gasteiger partial charge in [0.2, 0.25) is 0 Å². The van der Waals surface area contributed by atoms with Crippen molar-refractivity contribution >= 4 is 5.69 Å². The Labute approximate surface area is 75.0 Å². The summed E-state index contributed by atoms with van der Waals surface area (Å²) in [5.41, 5.74) is 2.47. The lowest BCUT2D eigenvalue weighted by molar-refractivity contribution is 0.866. The topological polar surface area (TPSA) is 3.24 Å². The highest BCUT2D eigenvalue weighted by Gasteiger charge is 1.99. The van der Waals surface area contributed by atoms with Crippen LogP contribution in [0, 0.1) is 13.0 Å². The van der Waals surface area contributed by atoms with Crippen molar-refractivity contribution in [2.75, 3.05) is 18.0 Å². The molecule has 0 atom stereocenters. The van der Waals surface area contributed by atoms with Gasteiger partial charge in [-0.25, -0.2) is 0 Å². The van der Waals surface area contributed by atoms with Crippen molar-refractivity contribution in [3.8, 4) is 0 Å². The van der Waals surface area contributed by atoms with Gasteiger partial charge in [-0.3, -0.25) is 0 Å². The maximum absolute atomic E-state index is 3.21. The van der Waals surface area contributed by atoms with Crippen molar-refractivity contribution in [1.29, 1.82) is 0 Å². The minimum Gasteiger partial charge on any atom is -0.372 e. The van der Waals surface area contributed by atoms with Crippen molar-refractivity contribution in [2.24, 2.45) is 0 Å². The molecule has 0 heterocycles. The Morgan fingerprint density at radius 3 is 2.33 bits per heavy atom. The molecule has 0 saturated heterocycles. The fraction of sp³-hybridized carbons (Fsp3) is 0.455. The number of anilines is 1. The van der Waals surface area contributed by atoms with Crippen LogP contribution in [0.2, 0.25) is 0 Å². The molecule has 1 radical (unpaired) electrons. The number of aryl methyl sites for hydroxylation is 1. The van der Waals surface area contributed by atoms with E-state index >= 15 is 0 Å². The van der Waals surface area contributed by atoms with Crippen LogP contribution in [0.4, 0.5) is 5.69 Å². The van der Waals surface area contributed by atoms with E-state index in [0.29, 0.717) is 0 Å². The zero-order valence-corrected chi connectivity index (χ0v) is 8.09. The molecule has 1 aromatic rings. The Bertz CT molecular complexity index is 221. The second-order valence-electron chi connectivity index (χ2n) is 2.90. The number of nitrogens with zero attached hydrogens (tertiary/aromatic N) is 1. The van der Waals surface area contributed by atoms with Crippen molar-refractivity contribution in [3.63, 3.8) is 0 Å². The summed E-state index contributed by atoms with van der Waals surface area (Å²) in [4.78, 5) is 2.32. The first kappa shape index (κ1) is 9.11. The third-order valence-electron chi connectivity index (χ3n) is 2.08. The Balaban J connectivity index is 2.80. The normalized spacial score (nSPS) is 9.92. The molecule has 0 aliphatic heterocycles. The SMILES string of the molecule is CCN(CC)c1c[c]c(C)cc1. The van der Waals surface area contributed by atoms with E-state index in [1.807, 2.05) is 0 Å². The van der Waals surface area contributed by atoms with Gasteiger partial charge >= 0.3 is 0 Å². The van der Waals surface area contributed by atoms with Gasteiger partial charge in [0.1, 0.15) is 0 Å². The Kier molecular flexibility index (Phi) is 3.15. The van der Waals surface area contributed by atoms with E-state index in [1.165, 1.54) is 11.3 Å². The summed E-state index contributed by atoms with van der Waals surface area (Å²) in [6.45, 7) is 8.53. The molecule has 1 nitrogen and oxygen atoms in total. The highest BCUT2D eigenvalue weighted by Crippen LogP contribution is 2.13. The van der Waals surface area contributed by atoms with Gasteiger partial charge in [-0.1, -0.05) is 6.07 Å². The molecule has 0 amide bonds. The molecule has 12 heavy (non-hydrogen) atoms. The number of benzene rings is 1. The van der Waals surface area contributed by atoms with E-state index < -0.39 is 0 Å². The van der Waals surface area contributed by atoms with Crippen molar-refractivity contribution in [3.05, 3.63) is 29.8 Å². The number of hydrogen-bond acceptors (Lipinski definition) is 1. The molecule has 0 N–H and O–H groups in total. The Morgan fingerprint density at radius 2 is 1.92 bits per heavy atom. The van der Waals surface area contributed by atoms with E-state index in [0.717, 1.165) is 13.1 Å². The first-order valence-electron chi connectivity index (χ1n) is 4.51. The van der Waals surface area contributed by atoms with Crippen LogP contribution in [0.15, 0.2) is 18.2 Å². The van der Waals surface area contributed by atoms with Crippen LogP contribution < -0.4 is 4.90 Å². The van der Waals surface area contributed by atoms with Crippen LogP contribution in [0.25, 0.3) is 0 Å². The predicted molar refractivity (Wildman–Crippen MR) is 53.6 cm³/mol. The van der Waals surface area contributed by atoms with E-state index in [4.69, 9.17) is 0 Å². The van der Waals surface area contributed by atoms with Crippen LogP contribution in [0.5, 0.6) is 0 Å². The smallest absolute Gasteiger partial charge is 0.0372 e. The highest BCUT2D eigenvalue weighted by atomic mass is 15.1. The number of rotatable bonds is 3. The van der Waals surface area contributed by atoms with Gasteiger partial charge in [-0.15, -0.1) is 0 Å². The minimum absolute atomic E-state index is 1.06. The lowest BCUT2D eigenvalue weighted by atomic mass is 10.2.